The van der Waals surface area contributed by atoms with Gasteiger partial charge in [0.2, 0.25) is 11.8 Å². The summed E-state index contributed by atoms with van der Waals surface area (Å²) in [4.78, 5) is 28.6. The molecule has 25 heavy (non-hydrogen) atoms. The summed E-state index contributed by atoms with van der Waals surface area (Å²) in [5.74, 6) is 1.66. The van der Waals surface area contributed by atoms with Crippen molar-refractivity contribution in [2.24, 2.45) is 16.9 Å². The second kappa shape index (κ2) is 8.30. The van der Waals surface area contributed by atoms with Gasteiger partial charge in [-0.25, -0.2) is 5.43 Å². The number of hydrogen-bond donors (Lipinski definition) is 1. The van der Waals surface area contributed by atoms with Gasteiger partial charge in [-0.15, -0.1) is 0 Å². The standard InChI is InChI=1S/C19H32N4O2/c1-14(2)17-13-23(11-3-10-22(17)12-15-4-5-15)19(25)9-7-16-6-8-18(24)21-20-16/h14-15,17H,3-13H2,1-2H3,(H,21,24)/t17-/m0/s1. The highest BCUT2D eigenvalue weighted by molar-refractivity contribution is 5.94. The fourth-order valence-corrected chi connectivity index (χ4v) is 3.88. The lowest BCUT2D eigenvalue weighted by atomic mass is 10.0. The lowest BCUT2D eigenvalue weighted by molar-refractivity contribution is -0.131. The Hall–Kier alpha value is -1.43. The van der Waals surface area contributed by atoms with Crippen LogP contribution in [0, 0.1) is 11.8 Å². The number of amides is 2. The van der Waals surface area contributed by atoms with Crippen LogP contribution in [0.25, 0.3) is 0 Å². The average Bonchev–Trinajstić information content (AvgIpc) is 3.41. The highest BCUT2D eigenvalue weighted by Gasteiger charge is 2.33. The van der Waals surface area contributed by atoms with E-state index in [2.05, 4.69) is 34.2 Å². The van der Waals surface area contributed by atoms with Crippen LogP contribution in [0.4, 0.5) is 0 Å². The molecule has 0 radical (unpaired) electrons. The normalized spacial score (nSPS) is 25.6. The summed E-state index contributed by atoms with van der Waals surface area (Å²) < 4.78 is 0. The van der Waals surface area contributed by atoms with Gasteiger partial charge in [0, 0.05) is 50.8 Å². The van der Waals surface area contributed by atoms with E-state index in [9.17, 15) is 9.59 Å². The topological polar surface area (TPSA) is 65.0 Å². The summed E-state index contributed by atoms with van der Waals surface area (Å²) in [6.45, 7) is 8.60. The summed E-state index contributed by atoms with van der Waals surface area (Å²) in [6.07, 6.45) is 6.16. The highest BCUT2D eigenvalue weighted by Crippen LogP contribution is 2.32. The van der Waals surface area contributed by atoms with Crippen molar-refractivity contribution in [1.29, 1.82) is 0 Å². The number of carbonyl (C=O) groups excluding carboxylic acids is 2. The minimum atomic E-state index is -0.0295. The predicted octanol–water partition coefficient (Wildman–Crippen LogP) is 2.00. The van der Waals surface area contributed by atoms with Gasteiger partial charge in [-0.05, 0) is 43.9 Å². The largest absolute Gasteiger partial charge is 0.341 e. The van der Waals surface area contributed by atoms with Crippen LogP contribution < -0.4 is 5.43 Å². The number of hydrogen-bond acceptors (Lipinski definition) is 4. The van der Waals surface area contributed by atoms with Crippen molar-refractivity contribution in [1.82, 2.24) is 15.2 Å². The second-order valence-electron chi connectivity index (χ2n) is 8.16. The van der Waals surface area contributed by atoms with E-state index in [0.717, 1.165) is 37.7 Å². The Bertz CT molecular complexity index is 528. The van der Waals surface area contributed by atoms with Crippen LogP contribution in [0.2, 0.25) is 0 Å². The molecule has 1 aliphatic carbocycles. The molecule has 1 saturated carbocycles. The Morgan fingerprint density at radius 3 is 2.72 bits per heavy atom. The van der Waals surface area contributed by atoms with Crippen LogP contribution in [0.15, 0.2) is 5.10 Å². The van der Waals surface area contributed by atoms with Crippen LogP contribution in [-0.2, 0) is 9.59 Å². The SMILES string of the molecule is CC(C)[C@@H]1CN(C(=O)CCC2=NNC(=O)CC2)CCCN1CC1CC1. The Kier molecular flexibility index (Phi) is 6.10. The first-order chi connectivity index (χ1) is 12.0. The van der Waals surface area contributed by atoms with E-state index in [1.54, 1.807) is 0 Å². The van der Waals surface area contributed by atoms with Gasteiger partial charge in [0.25, 0.3) is 0 Å². The van der Waals surface area contributed by atoms with Crippen molar-refractivity contribution in [3.05, 3.63) is 0 Å². The van der Waals surface area contributed by atoms with Crippen LogP contribution in [-0.4, -0.2) is 59.5 Å². The number of hydrazone groups is 1. The van der Waals surface area contributed by atoms with Gasteiger partial charge in [-0.3, -0.25) is 14.5 Å². The fraction of sp³-hybridized carbons (Fsp3) is 0.842. The van der Waals surface area contributed by atoms with E-state index >= 15 is 0 Å². The van der Waals surface area contributed by atoms with E-state index in [1.165, 1.54) is 19.4 Å². The minimum absolute atomic E-state index is 0.0295. The first-order valence-electron chi connectivity index (χ1n) is 9.89. The molecule has 2 heterocycles. The molecule has 2 fully saturated rings. The molecule has 6 nitrogen and oxygen atoms in total. The fourth-order valence-electron chi connectivity index (χ4n) is 3.88. The Morgan fingerprint density at radius 1 is 1.28 bits per heavy atom. The van der Waals surface area contributed by atoms with Crippen molar-refractivity contribution in [2.75, 3.05) is 26.2 Å². The lowest BCUT2D eigenvalue weighted by Crippen LogP contribution is -2.46. The van der Waals surface area contributed by atoms with Gasteiger partial charge in [-0.1, -0.05) is 13.8 Å². The molecule has 0 aromatic rings. The van der Waals surface area contributed by atoms with Crippen LogP contribution in [0.5, 0.6) is 0 Å². The summed E-state index contributed by atoms with van der Waals surface area (Å²) in [6, 6.07) is 0.471. The van der Waals surface area contributed by atoms with Gasteiger partial charge in [0.05, 0.1) is 0 Å². The maximum atomic E-state index is 12.7. The lowest BCUT2D eigenvalue weighted by Gasteiger charge is -2.34. The molecule has 2 amide bonds. The van der Waals surface area contributed by atoms with Gasteiger partial charge in [0.1, 0.15) is 0 Å². The maximum Gasteiger partial charge on any atom is 0.240 e. The molecule has 0 aromatic heterocycles. The minimum Gasteiger partial charge on any atom is -0.341 e. The zero-order chi connectivity index (χ0) is 17.8. The molecule has 1 saturated heterocycles. The molecule has 3 aliphatic rings. The molecule has 3 rings (SSSR count). The van der Waals surface area contributed by atoms with Gasteiger partial charge < -0.3 is 4.90 Å². The van der Waals surface area contributed by atoms with E-state index in [-0.39, 0.29) is 11.8 Å². The Balaban J connectivity index is 1.53. The number of nitrogens with zero attached hydrogens (tertiary/aromatic N) is 3. The number of carbonyl (C=O) groups is 2. The van der Waals surface area contributed by atoms with Crippen LogP contribution >= 0.6 is 0 Å². The third-order valence-electron chi connectivity index (χ3n) is 5.67. The summed E-state index contributed by atoms with van der Waals surface area (Å²) in [5.41, 5.74) is 3.46. The summed E-state index contributed by atoms with van der Waals surface area (Å²) >= 11 is 0. The molecular weight excluding hydrogens is 316 g/mol. The molecule has 6 heteroatoms. The predicted molar refractivity (Wildman–Crippen MR) is 98.2 cm³/mol. The molecule has 0 aromatic carbocycles. The van der Waals surface area contributed by atoms with E-state index in [0.29, 0.717) is 37.6 Å². The summed E-state index contributed by atoms with van der Waals surface area (Å²) in [5, 5.41) is 4.08. The van der Waals surface area contributed by atoms with E-state index in [1.807, 2.05) is 0 Å². The Labute approximate surface area is 151 Å². The second-order valence-corrected chi connectivity index (χ2v) is 8.16. The van der Waals surface area contributed by atoms with Gasteiger partial charge in [-0.2, -0.15) is 5.10 Å². The van der Waals surface area contributed by atoms with Gasteiger partial charge >= 0.3 is 0 Å². The van der Waals surface area contributed by atoms with Crippen molar-refractivity contribution < 1.29 is 9.59 Å². The molecular formula is C19H32N4O2. The van der Waals surface area contributed by atoms with Gasteiger partial charge in [0.15, 0.2) is 0 Å². The third-order valence-corrected chi connectivity index (χ3v) is 5.67. The van der Waals surface area contributed by atoms with Crippen molar-refractivity contribution in [3.8, 4) is 0 Å². The highest BCUT2D eigenvalue weighted by atomic mass is 16.2. The Morgan fingerprint density at radius 2 is 2.08 bits per heavy atom. The number of rotatable bonds is 6. The van der Waals surface area contributed by atoms with E-state index in [4.69, 9.17) is 0 Å². The first-order valence-corrected chi connectivity index (χ1v) is 9.89. The molecule has 0 spiro atoms. The molecule has 2 aliphatic heterocycles. The average molecular weight is 348 g/mol. The monoisotopic (exact) mass is 348 g/mol. The quantitative estimate of drug-likeness (QED) is 0.798. The van der Waals surface area contributed by atoms with E-state index < -0.39 is 0 Å². The zero-order valence-corrected chi connectivity index (χ0v) is 15.7. The molecule has 1 N–H and O–H groups in total. The number of nitrogens with one attached hydrogen (secondary N) is 1. The van der Waals surface area contributed by atoms with Crippen molar-refractivity contribution in [3.63, 3.8) is 0 Å². The van der Waals surface area contributed by atoms with Crippen LogP contribution in [0.1, 0.15) is 58.8 Å². The maximum absolute atomic E-state index is 12.7. The smallest absolute Gasteiger partial charge is 0.240 e. The zero-order valence-electron chi connectivity index (χ0n) is 15.7. The molecule has 0 unspecified atom stereocenters. The van der Waals surface area contributed by atoms with Crippen LogP contribution in [0.3, 0.4) is 0 Å². The third kappa shape index (κ3) is 5.27. The van der Waals surface area contributed by atoms with Crippen molar-refractivity contribution in [2.45, 2.75) is 64.8 Å². The van der Waals surface area contributed by atoms with Crippen molar-refractivity contribution >= 4 is 17.5 Å². The summed E-state index contributed by atoms with van der Waals surface area (Å²) in [7, 11) is 0. The first kappa shape index (κ1) is 18.4. The molecule has 140 valence electrons. The molecule has 0 bridgehead atoms. The molecule has 1 atom stereocenters.